The Morgan fingerprint density at radius 3 is 2.57 bits per heavy atom. The SMILES string of the molecule is CNCc1cc(Br)cc(C)c1OCc1cc(F)ccc1C. The topological polar surface area (TPSA) is 21.3 Å². The molecule has 0 aliphatic heterocycles. The summed E-state index contributed by atoms with van der Waals surface area (Å²) >= 11 is 3.50. The molecule has 0 aliphatic rings. The highest BCUT2D eigenvalue weighted by Gasteiger charge is 2.10. The molecular weight excluding hydrogens is 333 g/mol. The second kappa shape index (κ2) is 7.05. The first kappa shape index (κ1) is 16.0. The van der Waals surface area contributed by atoms with Crippen LogP contribution in [0.1, 0.15) is 22.3 Å². The number of nitrogens with one attached hydrogen (secondary N) is 1. The second-order valence-electron chi connectivity index (χ2n) is 5.10. The highest BCUT2D eigenvalue weighted by atomic mass is 79.9. The Bertz CT molecular complexity index is 643. The molecule has 0 aliphatic carbocycles. The van der Waals surface area contributed by atoms with Crippen LogP contribution in [0.15, 0.2) is 34.8 Å². The van der Waals surface area contributed by atoms with E-state index in [0.29, 0.717) is 6.61 Å². The molecule has 0 saturated heterocycles. The molecule has 21 heavy (non-hydrogen) atoms. The van der Waals surface area contributed by atoms with Crippen LogP contribution in [0.4, 0.5) is 4.39 Å². The quantitative estimate of drug-likeness (QED) is 0.855. The van der Waals surface area contributed by atoms with Crippen molar-refractivity contribution in [2.45, 2.75) is 27.0 Å². The van der Waals surface area contributed by atoms with Gasteiger partial charge in [-0.05, 0) is 61.9 Å². The number of hydrogen-bond acceptors (Lipinski definition) is 2. The van der Waals surface area contributed by atoms with Crippen molar-refractivity contribution in [2.24, 2.45) is 0 Å². The van der Waals surface area contributed by atoms with Crippen molar-refractivity contribution >= 4 is 15.9 Å². The van der Waals surface area contributed by atoms with Crippen LogP contribution in [0.2, 0.25) is 0 Å². The third kappa shape index (κ3) is 4.05. The van der Waals surface area contributed by atoms with Crippen molar-refractivity contribution in [1.82, 2.24) is 5.32 Å². The average molecular weight is 352 g/mol. The number of rotatable bonds is 5. The van der Waals surface area contributed by atoms with E-state index >= 15 is 0 Å². The maximum atomic E-state index is 13.3. The molecule has 0 amide bonds. The molecule has 0 bridgehead atoms. The van der Waals surface area contributed by atoms with Crippen LogP contribution in [0, 0.1) is 19.7 Å². The van der Waals surface area contributed by atoms with Gasteiger partial charge < -0.3 is 10.1 Å². The lowest BCUT2D eigenvalue weighted by Crippen LogP contribution is -2.09. The molecule has 2 aromatic carbocycles. The van der Waals surface area contributed by atoms with E-state index in [4.69, 9.17) is 4.74 Å². The van der Waals surface area contributed by atoms with Crippen LogP contribution in [-0.2, 0) is 13.2 Å². The van der Waals surface area contributed by atoms with Gasteiger partial charge in [-0.1, -0.05) is 22.0 Å². The fourth-order valence-corrected chi connectivity index (χ4v) is 2.89. The molecule has 0 spiro atoms. The van der Waals surface area contributed by atoms with Crippen molar-refractivity contribution in [3.63, 3.8) is 0 Å². The Kier molecular flexibility index (Phi) is 5.37. The molecular formula is C17H19BrFNO. The summed E-state index contributed by atoms with van der Waals surface area (Å²) in [5, 5.41) is 3.14. The first-order valence-electron chi connectivity index (χ1n) is 6.82. The standard InChI is InChI=1S/C17H19BrFNO/c1-11-4-5-16(19)8-14(11)10-21-17-12(2)6-15(18)7-13(17)9-20-3/h4-8,20H,9-10H2,1-3H3. The van der Waals surface area contributed by atoms with Crippen molar-refractivity contribution in [1.29, 1.82) is 0 Å². The Morgan fingerprint density at radius 2 is 1.86 bits per heavy atom. The van der Waals surface area contributed by atoms with Gasteiger partial charge in [0.05, 0.1) is 0 Å². The van der Waals surface area contributed by atoms with E-state index in [0.717, 1.165) is 39.0 Å². The maximum absolute atomic E-state index is 13.3. The van der Waals surface area contributed by atoms with Crippen molar-refractivity contribution in [2.75, 3.05) is 7.05 Å². The molecule has 0 aromatic heterocycles. The Morgan fingerprint density at radius 1 is 1.10 bits per heavy atom. The molecule has 0 unspecified atom stereocenters. The molecule has 0 saturated carbocycles. The monoisotopic (exact) mass is 351 g/mol. The van der Waals surface area contributed by atoms with Crippen molar-refractivity contribution < 1.29 is 9.13 Å². The first-order chi connectivity index (χ1) is 10.0. The number of halogens is 2. The molecule has 0 fully saturated rings. The number of aryl methyl sites for hydroxylation is 2. The number of hydrogen-bond donors (Lipinski definition) is 1. The highest BCUT2D eigenvalue weighted by molar-refractivity contribution is 9.10. The molecule has 0 atom stereocenters. The van der Waals surface area contributed by atoms with E-state index in [1.807, 2.05) is 33.0 Å². The third-order valence-electron chi connectivity index (χ3n) is 3.37. The molecule has 0 heterocycles. The highest BCUT2D eigenvalue weighted by Crippen LogP contribution is 2.29. The molecule has 2 aromatic rings. The van der Waals surface area contributed by atoms with Crippen LogP contribution in [0.3, 0.4) is 0 Å². The number of ether oxygens (including phenoxy) is 1. The van der Waals surface area contributed by atoms with Crippen molar-refractivity contribution in [3.05, 3.63) is 62.9 Å². The smallest absolute Gasteiger partial charge is 0.127 e. The first-order valence-corrected chi connectivity index (χ1v) is 7.62. The van der Waals surface area contributed by atoms with Gasteiger partial charge in [-0.3, -0.25) is 0 Å². The van der Waals surface area contributed by atoms with Gasteiger partial charge in [0.15, 0.2) is 0 Å². The van der Waals surface area contributed by atoms with Gasteiger partial charge in [0.1, 0.15) is 18.2 Å². The van der Waals surface area contributed by atoms with E-state index in [9.17, 15) is 4.39 Å². The average Bonchev–Trinajstić information content (AvgIpc) is 2.41. The Labute approximate surface area is 133 Å². The zero-order chi connectivity index (χ0) is 15.4. The van der Waals surface area contributed by atoms with E-state index in [1.165, 1.54) is 12.1 Å². The molecule has 1 N–H and O–H groups in total. The minimum absolute atomic E-state index is 0.234. The summed E-state index contributed by atoms with van der Waals surface area (Å²) in [6.07, 6.45) is 0. The Balaban J connectivity index is 2.25. The fraction of sp³-hybridized carbons (Fsp3) is 0.294. The zero-order valence-electron chi connectivity index (χ0n) is 12.5. The summed E-state index contributed by atoms with van der Waals surface area (Å²) in [7, 11) is 1.90. The van der Waals surface area contributed by atoms with Crippen LogP contribution >= 0.6 is 15.9 Å². The lowest BCUT2D eigenvalue weighted by atomic mass is 10.1. The lowest BCUT2D eigenvalue weighted by molar-refractivity contribution is 0.299. The predicted octanol–water partition coefficient (Wildman–Crippen LogP) is 4.50. The number of benzene rings is 2. The van der Waals surface area contributed by atoms with Crippen LogP contribution in [0.25, 0.3) is 0 Å². The molecule has 112 valence electrons. The summed E-state index contributed by atoms with van der Waals surface area (Å²) in [5.74, 6) is 0.624. The van der Waals surface area contributed by atoms with Gasteiger partial charge >= 0.3 is 0 Å². The van der Waals surface area contributed by atoms with E-state index in [-0.39, 0.29) is 5.82 Å². The predicted molar refractivity (Wildman–Crippen MR) is 87.1 cm³/mol. The summed E-state index contributed by atoms with van der Waals surface area (Å²) in [4.78, 5) is 0. The van der Waals surface area contributed by atoms with Gasteiger partial charge in [0.25, 0.3) is 0 Å². The molecule has 0 radical (unpaired) electrons. The maximum Gasteiger partial charge on any atom is 0.127 e. The van der Waals surface area contributed by atoms with E-state index < -0.39 is 0 Å². The van der Waals surface area contributed by atoms with Gasteiger partial charge in [-0.2, -0.15) is 0 Å². The van der Waals surface area contributed by atoms with E-state index in [1.54, 1.807) is 6.07 Å². The molecule has 2 rings (SSSR count). The van der Waals surface area contributed by atoms with Crippen LogP contribution in [-0.4, -0.2) is 7.05 Å². The van der Waals surface area contributed by atoms with Crippen LogP contribution in [0.5, 0.6) is 5.75 Å². The third-order valence-corrected chi connectivity index (χ3v) is 3.82. The summed E-state index contributed by atoms with van der Waals surface area (Å²) < 4.78 is 20.3. The molecule has 2 nitrogen and oxygen atoms in total. The van der Waals surface area contributed by atoms with Gasteiger partial charge in [0, 0.05) is 16.6 Å². The fourth-order valence-electron chi connectivity index (χ4n) is 2.27. The normalized spacial score (nSPS) is 10.7. The minimum Gasteiger partial charge on any atom is -0.488 e. The van der Waals surface area contributed by atoms with E-state index in [2.05, 4.69) is 21.2 Å². The zero-order valence-corrected chi connectivity index (χ0v) is 14.1. The summed E-state index contributed by atoms with van der Waals surface area (Å²) in [6.45, 7) is 5.05. The van der Waals surface area contributed by atoms with Gasteiger partial charge in [-0.15, -0.1) is 0 Å². The minimum atomic E-state index is -0.234. The van der Waals surface area contributed by atoms with Gasteiger partial charge in [-0.25, -0.2) is 4.39 Å². The van der Waals surface area contributed by atoms with Gasteiger partial charge in [0.2, 0.25) is 0 Å². The second-order valence-corrected chi connectivity index (χ2v) is 6.02. The summed E-state index contributed by atoms with van der Waals surface area (Å²) in [6, 6.07) is 8.83. The summed E-state index contributed by atoms with van der Waals surface area (Å²) in [5.41, 5.74) is 4.04. The lowest BCUT2D eigenvalue weighted by Gasteiger charge is -2.16. The Hall–Kier alpha value is -1.39. The molecule has 4 heteroatoms. The largest absolute Gasteiger partial charge is 0.488 e. The van der Waals surface area contributed by atoms with Crippen LogP contribution < -0.4 is 10.1 Å². The van der Waals surface area contributed by atoms with Crippen molar-refractivity contribution in [3.8, 4) is 5.75 Å².